The molecule has 0 saturated carbocycles. The molecular formula is C16H18BrNOS. The molecule has 106 valence electrons. The van der Waals surface area contributed by atoms with Crippen molar-refractivity contribution >= 4 is 27.7 Å². The zero-order chi connectivity index (χ0) is 14.5. The third-order valence-electron chi connectivity index (χ3n) is 2.86. The smallest absolute Gasteiger partial charge is 0.140 e. The summed E-state index contributed by atoms with van der Waals surface area (Å²) < 4.78 is 7.11. The van der Waals surface area contributed by atoms with E-state index in [0.29, 0.717) is 0 Å². The maximum atomic E-state index is 6.11. The number of hydrogen-bond acceptors (Lipinski definition) is 3. The van der Waals surface area contributed by atoms with Gasteiger partial charge in [0.15, 0.2) is 0 Å². The molecule has 0 fully saturated rings. The molecule has 2 nitrogen and oxygen atoms in total. The van der Waals surface area contributed by atoms with Gasteiger partial charge >= 0.3 is 0 Å². The first-order valence-corrected chi connectivity index (χ1v) is 8.47. The van der Waals surface area contributed by atoms with E-state index in [1.807, 2.05) is 43.5 Å². The van der Waals surface area contributed by atoms with Crippen LogP contribution in [-0.2, 0) is 6.42 Å². The van der Waals surface area contributed by atoms with Crippen molar-refractivity contribution in [2.45, 2.75) is 24.3 Å². The molecule has 2 N–H and O–H groups in total. The molecule has 0 bridgehead atoms. The number of benzene rings is 2. The number of nitrogens with two attached hydrogens (primary N) is 1. The minimum atomic E-state index is 0.106. The van der Waals surface area contributed by atoms with Gasteiger partial charge in [-0.1, -0.05) is 34.1 Å². The van der Waals surface area contributed by atoms with Crippen LogP contribution in [0.5, 0.6) is 11.5 Å². The Bertz CT molecular complexity index is 586. The van der Waals surface area contributed by atoms with Gasteiger partial charge in [-0.2, -0.15) is 0 Å². The van der Waals surface area contributed by atoms with Crippen LogP contribution in [0.4, 0.5) is 0 Å². The summed E-state index contributed by atoms with van der Waals surface area (Å²) in [4.78, 5) is 1.12. The van der Waals surface area contributed by atoms with E-state index in [9.17, 15) is 0 Å². The zero-order valence-corrected chi connectivity index (χ0v) is 14.0. The molecule has 2 rings (SSSR count). The summed E-state index contributed by atoms with van der Waals surface area (Å²) in [6.07, 6.45) is 2.84. The predicted molar refractivity (Wildman–Crippen MR) is 89.8 cm³/mol. The maximum absolute atomic E-state index is 6.11. The Labute approximate surface area is 132 Å². The Balaban J connectivity index is 2.34. The number of para-hydroxylation sites is 1. The third kappa shape index (κ3) is 4.01. The van der Waals surface area contributed by atoms with E-state index in [1.165, 1.54) is 0 Å². The Hall–Kier alpha value is -0.970. The summed E-state index contributed by atoms with van der Waals surface area (Å²) >= 11 is 5.17. The average Bonchev–Trinajstić information content (AvgIpc) is 2.42. The van der Waals surface area contributed by atoms with Gasteiger partial charge in [0, 0.05) is 15.4 Å². The quantitative estimate of drug-likeness (QED) is 0.781. The maximum Gasteiger partial charge on any atom is 0.140 e. The van der Waals surface area contributed by atoms with Crippen molar-refractivity contribution < 1.29 is 4.74 Å². The number of ether oxygens (including phenoxy) is 1. The normalized spacial score (nSPS) is 12.2. The fourth-order valence-electron chi connectivity index (χ4n) is 1.96. The van der Waals surface area contributed by atoms with Crippen molar-refractivity contribution in [1.29, 1.82) is 0 Å². The van der Waals surface area contributed by atoms with Gasteiger partial charge in [0.2, 0.25) is 0 Å². The van der Waals surface area contributed by atoms with Gasteiger partial charge in [0.05, 0.1) is 0 Å². The van der Waals surface area contributed by atoms with E-state index in [-0.39, 0.29) is 6.04 Å². The molecule has 0 aliphatic carbocycles. The van der Waals surface area contributed by atoms with E-state index in [2.05, 4.69) is 28.1 Å². The Morgan fingerprint density at radius 2 is 1.95 bits per heavy atom. The van der Waals surface area contributed by atoms with Crippen LogP contribution in [0.25, 0.3) is 0 Å². The number of rotatable bonds is 5. The molecule has 4 heteroatoms. The SMILES string of the molecule is CSc1ccccc1Oc1cc(Br)ccc1CC(C)N. The molecular weight excluding hydrogens is 334 g/mol. The van der Waals surface area contributed by atoms with E-state index < -0.39 is 0 Å². The van der Waals surface area contributed by atoms with Gasteiger partial charge in [-0.25, -0.2) is 0 Å². The highest BCUT2D eigenvalue weighted by molar-refractivity contribution is 9.10. The highest BCUT2D eigenvalue weighted by Crippen LogP contribution is 2.34. The van der Waals surface area contributed by atoms with Gasteiger partial charge in [0.1, 0.15) is 11.5 Å². The van der Waals surface area contributed by atoms with Crippen LogP contribution in [0.1, 0.15) is 12.5 Å². The molecule has 0 aliphatic heterocycles. The lowest BCUT2D eigenvalue weighted by molar-refractivity contribution is 0.462. The van der Waals surface area contributed by atoms with Crippen LogP contribution < -0.4 is 10.5 Å². The minimum absolute atomic E-state index is 0.106. The molecule has 0 aromatic heterocycles. The molecule has 2 aromatic carbocycles. The number of thioether (sulfide) groups is 1. The van der Waals surface area contributed by atoms with Crippen molar-refractivity contribution in [2.75, 3.05) is 6.26 Å². The van der Waals surface area contributed by atoms with Crippen LogP contribution in [0, 0.1) is 0 Å². The Morgan fingerprint density at radius 3 is 2.65 bits per heavy atom. The van der Waals surface area contributed by atoms with E-state index in [1.54, 1.807) is 11.8 Å². The van der Waals surface area contributed by atoms with Crippen molar-refractivity contribution in [3.05, 3.63) is 52.5 Å². The van der Waals surface area contributed by atoms with Crippen molar-refractivity contribution in [2.24, 2.45) is 5.73 Å². The van der Waals surface area contributed by atoms with Crippen molar-refractivity contribution in [1.82, 2.24) is 0 Å². The van der Waals surface area contributed by atoms with Crippen LogP contribution in [0.15, 0.2) is 51.8 Å². The molecule has 0 radical (unpaired) electrons. The first-order valence-electron chi connectivity index (χ1n) is 6.45. The second-order valence-corrected chi connectivity index (χ2v) is 6.45. The molecule has 1 atom stereocenters. The topological polar surface area (TPSA) is 35.2 Å². The monoisotopic (exact) mass is 351 g/mol. The molecule has 0 spiro atoms. The van der Waals surface area contributed by atoms with Gasteiger partial charge in [-0.3, -0.25) is 0 Å². The summed E-state index contributed by atoms with van der Waals surface area (Å²) in [5, 5.41) is 0. The van der Waals surface area contributed by atoms with Crippen molar-refractivity contribution in [3.63, 3.8) is 0 Å². The predicted octanol–water partition coefficient (Wildman–Crippen LogP) is 4.85. The summed E-state index contributed by atoms with van der Waals surface area (Å²) in [6.45, 7) is 2.00. The molecule has 0 amide bonds. The van der Waals surface area contributed by atoms with Crippen molar-refractivity contribution in [3.8, 4) is 11.5 Å². The van der Waals surface area contributed by atoms with Gasteiger partial charge in [-0.05, 0) is 49.4 Å². The summed E-state index contributed by atoms with van der Waals surface area (Å²) in [6, 6.07) is 14.2. The highest BCUT2D eigenvalue weighted by atomic mass is 79.9. The van der Waals surface area contributed by atoms with E-state index >= 15 is 0 Å². The third-order valence-corrected chi connectivity index (χ3v) is 4.13. The number of hydrogen-bond donors (Lipinski definition) is 1. The molecule has 0 heterocycles. The van der Waals surface area contributed by atoms with Crippen LogP contribution >= 0.6 is 27.7 Å². The van der Waals surface area contributed by atoms with Gasteiger partial charge < -0.3 is 10.5 Å². The van der Waals surface area contributed by atoms with Gasteiger partial charge in [0.25, 0.3) is 0 Å². The lowest BCUT2D eigenvalue weighted by Gasteiger charge is -2.15. The average molecular weight is 352 g/mol. The summed E-state index contributed by atoms with van der Waals surface area (Å²) in [5.41, 5.74) is 7.03. The largest absolute Gasteiger partial charge is 0.456 e. The first-order chi connectivity index (χ1) is 9.60. The lowest BCUT2D eigenvalue weighted by Crippen LogP contribution is -2.18. The van der Waals surface area contributed by atoms with Crippen LogP contribution in [0.3, 0.4) is 0 Å². The number of halogens is 1. The molecule has 0 aliphatic rings. The molecule has 20 heavy (non-hydrogen) atoms. The minimum Gasteiger partial charge on any atom is -0.456 e. The summed E-state index contributed by atoms with van der Waals surface area (Å²) in [7, 11) is 0. The van der Waals surface area contributed by atoms with Crippen LogP contribution in [-0.4, -0.2) is 12.3 Å². The lowest BCUT2D eigenvalue weighted by atomic mass is 10.1. The molecule has 0 saturated heterocycles. The first kappa shape index (κ1) is 15.4. The highest BCUT2D eigenvalue weighted by Gasteiger charge is 2.10. The van der Waals surface area contributed by atoms with Gasteiger partial charge in [-0.15, -0.1) is 11.8 Å². The molecule has 1 unspecified atom stereocenters. The fourth-order valence-corrected chi connectivity index (χ4v) is 2.83. The Morgan fingerprint density at radius 1 is 1.20 bits per heavy atom. The van der Waals surface area contributed by atoms with Crippen LogP contribution in [0.2, 0.25) is 0 Å². The van der Waals surface area contributed by atoms with E-state index in [4.69, 9.17) is 10.5 Å². The standard InChI is InChI=1S/C16H18BrNOS/c1-11(18)9-12-7-8-13(17)10-15(12)19-14-5-3-4-6-16(14)20-2/h3-8,10-11H,9,18H2,1-2H3. The zero-order valence-electron chi connectivity index (χ0n) is 11.6. The summed E-state index contributed by atoms with van der Waals surface area (Å²) in [5.74, 6) is 1.74. The van der Waals surface area contributed by atoms with E-state index in [0.717, 1.165) is 32.9 Å². The second kappa shape index (κ2) is 7.16. The fraction of sp³-hybridized carbons (Fsp3) is 0.250. The second-order valence-electron chi connectivity index (χ2n) is 4.69. The Kier molecular flexibility index (Phi) is 5.52. The molecule has 2 aromatic rings.